The minimum absolute atomic E-state index is 0.0746. The molecule has 20 heavy (non-hydrogen) atoms. The Hall–Kier alpha value is -2.29. The molecule has 1 aliphatic rings. The van der Waals surface area contributed by atoms with E-state index in [1.807, 2.05) is 54.6 Å². The minimum atomic E-state index is -0.167. The van der Waals surface area contributed by atoms with E-state index in [1.165, 1.54) is 0 Å². The van der Waals surface area contributed by atoms with Crippen LogP contribution in [-0.4, -0.2) is 5.91 Å². The highest BCUT2D eigenvalue weighted by molar-refractivity contribution is 5.80. The van der Waals surface area contributed by atoms with Crippen molar-refractivity contribution < 1.29 is 4.79 Å². The normalized spacial score (nSPS) is 15.6. The van der Waals surface area contributed by atoms with E-state index in [9.17, 15) is 4.79 Å². The van der Waals surface area contributed by atoms with Crippen molar-refractivity contribution in [3.8, 4) is 0 Å². The standard InChI is InChI=1S/C17H18N2O/c18-15-8-6-14(7-9-15)17(10-11-17)19-16(20)12-13-4-2-1-3-5-13/h1-9H,10-12,18H2,(H,19,20). The lowest BCUT2D eigenvalue weighted by molar-refractivity contribution is -0.121. The highest BCUT2D eigenvalue weighted by atomic mass is 16.1. The van der Waals surface area contributed by atoms with Crippen molar-refractivity contribution in [2.75, 3.05) is 5.73 Å². The molecule has 1 amide bonds. The van der Waals surface area contributed by atoms with Crippen LogP contribution in [0.1, 0.15) is 24.0 Å². The van der Waals surface area contributed by atoms with Crippen molar-refractivity contribution in [2.45, 2.75) is 24.8 Å². The fraction of sp³-hybridized carbons (Fsp3) is 0.235. The summed E-state index contributed by atoms with van der Waals surface area (Å²) >= 11 is 0. The summed E-state index contributed by atoms with van der Waals surface area (Å²) in [4.78, 5) is 12.2. The Morgan fingerprint density at radius 2 is 1.70 bits per heavy atom. The lowest BCUT2D eigenvalue weighted by atomic mass is 10.0. The van der Waals surface area contributed by atoms with E-state index in [1.54, 1.807) is 0 Å². The zero-order chi connectivity index (χ0) is 14.0. The Morgan fingerprint density at radius 1 is 1.05 bits per heavy atom. The van der Waals surface area contributed by atoms with Crippen LogP contribution in [0, 0.1) is 0 Å². The molecule has 0 spiro atoms. The van der Waals surface area contributed by atoms with Gasteiger partial charge in [0.15, 0.2) is 0 Å². The van der Waals surface area contributed by atoms with Gasteiger partial charge in [-0.25, -0.2) is 0 Å². The van der Waals surface area contributed by atoms with Crippen molar-refractivity contribution in [1.82, 2.24) is 5.32 Å². The number of rotatable bonds is 4. The quantitative estimate of drug-likeness (QED) is 0.836. The summed E-state index contributed by atoms with van der Waals surface area (Å²) in [7, 11) is 0. The van der Waals surface area contributed by atoms with Gasteiger partial charge in [-0.3, -0.25) is 4.79 Å². The molecule has 2 aromatic rings. The Labute approximate surface area is 118 Å². The van der Waals surface area contributed by atoms with Crippen LogP contribution >= 0.6 is 0 Å². The third-order valence-electron chi connectivity index (χ3n) is 3.80. The van der Waals surface area contributed by atoms with Crippen molar-refractivity contribution in [3.63, 3.8) is 0 Å². The predicted octanol–water partition coefficient (Wildman–Crippen LogP) is 2.62. The van der Waals surface area contributed by atoms with Crippen LogP contribution in [0.25, 0.3) is 0 Å². The predicted molar refractivity (Wildman–Crippen MR) is 80.1 cm³/mol. The largest absolute Gasteiger partial charge is 0.399 e. The van der Waals surface area contributed by atoms with E-state index < -0.39 is 0 Å². The van der Waals surface area contributed by atoms with E-state index in [0.29, 0.717) is 6.42 Å². The zero-order valence-electron chi connectivity index (χ0n) is 11.3. The van der Waals surface area contributed by atoms with Gasteiger partial charge in [-0.15, -0.1) is 0 Å². The molecule has 1 saturated carbocycles. The second-order valence-electron chi connectivity index (χ2n) is 5.41. The van der Waals surface area contributed by atoms with E-state index in [4.69, 9.17) is 5.73 Å². The summed E-state index contributed by atoms with van der Waals surface area (Å²) in [5.74, 6) is 0.0746. The number of carbonyl (C=O) groups excluding carboxylic acids is 1. The second kappa shape index (κ2) is 5.00. The van der Waals surface area contributed by atoms with E-state index in [-0.39, 0.29) is 11.4 Å². The highest BCUT2D eigenvalue weighted by Gasteiger charge is 2.45. The molecule has 3 heteroatoms. The third-order valence-corrected chi connectivity index (χ3v) is 3.80. The molecule has 0 radical (unpaired) electrons. The summed E-state index contributed by atoms with van der Waals surface area (Å²) in [6.07, 6.45) is 2.42. The molecule has 3 nitrogen and oxygen atoms in total. The van der Waals surface area contributed by atoms with Crippen LogP contribution in [0.2, 0.25) is 0 Å². The summed E-state index contributed by atoms with van der Waals surface area (Å²) in [5, 5.41) is 3.17. The fourth-order valence-corrected chi connectivity index (χ4v) is 2.51. The van der Waals surface area contributed by atoms with Crippen molar-refractivity contribution >= 4 is 11.6 Å². The van der Waals surface area contributed by atoms with Gasteiger partial charge in [0.1, 0.15) is 0 Å². The third kappa shape index (κ3) is 2.67. The molecule has 0 heterocycles. The SMILES string of the molecule is Nc1ccc(C2(NC(=O)Cc3ccccc3)CC2)cc1. The number of benzene rings is 2. The van der Waals surface area contributed by atoms with Crippen LogP contribution in [0.4, 0.5) is 5.69 Å². The van der Waals surface area contributed by atoms with E-state index in [2.05, 4.69) is 5.32 Å². The molecule has 0 unspecified atom stereocenters. The number of nitrogens with one attached hydrogen (secondary N) is 1. The molecule has 0 atom stereocenters. The first-order valence-corrected chi connectivity index (χ1v) is 6.89. The molecule has 3 N–H and O–H groups in total. The van der Waals surface area contributed by atoms with E-state index in [0.717, 1.165) is 29.7 Å². The van der Waals surface area contributed by atoms with Gasteiger partial charge in [-0.2, -0.15) is 0 Å². The number of anilines is 1. The summed E-state index contributed by atoms with van der Waals surface area (Å²) in [6.45, 7) is 0. The molecule has 3 rings (SSSR count). The maximum absolute atomic E-state index is 12.2. The number of hydrogen-bond acceptors (Lipinski definition) is 2. The second-order valence-corrected chi connectivity index (χ2v) is 5.41. The molecule has 102 valence electrons. The molecular weight excluding hydrogens is 248 g/mol. The topological polar surface area (TPSA) is 55.1 Å². The lowest BCUT2D eigenvalue weighted by Crippen LogP contribution is -2.35. The lowest BCUT2D eigenvalue weighted by Gasteiger charge is -2.18. The summed E-state index contributed by atoms with van der Waals surface area (Å²) in [5.41, 5.74) is 8.48. The van der Waals surface area contributed by atoms with Gasteiger partial charge in [-0.05, 0) is 36.1 Å². The molecule has 1 aliphatic carbocycles. The summed E-state index contributed by atoms with van der Waals surface area (Å²) < 4.78 is 0. The van der Waals surface area contributed by atoms with Crippen LogP contribution in [-0.2, 0) is 16.8 Å². The van der Waals surface area contributed by atoms with E-state index >= 15 is 0 Å². The van der Waals surface area contributed by atoms with Crippen LogP contribution < -0.4 is 11.1 Å². The van der Waals surface area contributed by atoms with Gasteiger partial charge in [0.05, 0.1) is 12.0 Å². The monoisotopic (exact) mass is 266 g/mol. The Kier molecular flexibility index (Phi) is 3.18. The highest BCUT2D eigenvalue weighted by Crippen LogP contribution is 2.45. The molecule has 0 aliphatic heterocycles. The number of nitrogen functional groups attached to an aromatic ring is 1. The number of hydrogen-bond donors (Lipinski definition) is 2. The molecule has 0 aromatic heterocycles. The number of carbonyl (C=O) groups is 1. The van der Waals surface area contributed by atoms with Crippen molar-refractivity contribution in [1.29, 1.82) is 0 Å². The van der Waals surface area contributed by atoms with Gasteiger partial charge in [0, 0.05) is 5.69 Å². The molecular formula is C17H18N2O. The zero-order valence-corrected chi connectivity index (χ0v) is 11.3. The average Bonchev–Trinajstić information content (AvgIpc) is 3.21. The molecule has 2 aromatic carbocycles. The van der Waals surface area contributed by atoms with Gasteiger partial charge in [-0.1, -0.05) is 42.5 Å². The Morgan fingerprint density at radius 3 is 2.30 bits per heavy atom. The minimum Gasteiger partial charge on any atom is -0.399 e. The molecule has 1 fully saturated rings. The van der Waals surface area contributed by atoms with Crippen molar-refractivity contribution in [3.05, 3.63) is 65.7 Å². The van der Waals surface area contributed by atoms with Gasteiger partial charge >= 0.3 is 0 Å². The van der Waals surface area contributed by atoms with Crippen LogP contribution in [0.5, 0.6) is 0 Å². The number of amides is 1. The molecule has 0 bridgehead atoms. The fourth-order valence-electron chi connectivity index (χ4n) is 2.51. The van der Waals surface area contributed by atoms with Crippen LogP contribution in [0.3, 0.4) is 0 Å². The average molecular weight is 266 g/mol. The first-order valence-electron chi connectivity index (χ1n) is 6.89. The first kappa shape index (κ1) is 12.7. The van der Waals surface area contributed by atoms with Gasteiger partial charge in [0.2, 0.25) is 5.91 Å². The van der Waals surface area contributed by atoms with Crippen molar-refractivity contribution in [2.24, 2.45) is 0 Å². The summed E-state index contributed by atoms with van der Waals surface area (Å²) in [6, 6.07) is 17.6. The van der Waals surface area contributed by atoms with Gasteiger partial charge in [0.25, 0.3) is 0 Å². The number of nitrogens with two attached hydrogens (primary N) is 1. The van der Waals surface area contributed by atoms with Gasteiger partial charge < -0.3 is 11.1 Å². The molecule has 0 saturated heterocycles. The Balaban J connectivity index is 1.68. The maximum Gasteiger partial charge on any atom is 0.225 e. The maximum atomic E-state index is 12.2. The smallest absolute Gasteiger partial charge is 0.225 e. The van der Waals surface area contributed by atoms with Crippen LogP contribution in [0.15, 0.2) is 54.6 Å². The Bertz CT molecular complexity index is 601. The first-order chi connectivity index (χ1) is 9.68.